The lowest BCUT2D eigenvalue weighted by Crippen LogP contribution is -2.60. The average molecular weight is 276 g/mol. The zero-order valence-electron chi connectivity index (χ0n) is 12.1. The normalized spacial score (nSPS) is 31.9. The van der Waals surface area contributed by atoms with Crippen molar-refractivity contribution in [2.24, 2.45) is 5.73 Å². The molecule has 0 aromatic heterocycles. The second-order valence-electron chi connectivity index (χ2n) is 6.18. The fraction of sp³-hybridized carbons (Fsp3) is 0.625. The number of ether oxygens (including phenoxy) is 1. The van der Waals surface area contributed by atoms with E-state index in [0.29, 0.717) is 12.1 Å². The minimum atomic E-state index is -0.740. The highest BCUT2D eigenvalue weighted by atomic mass is 16.5. The molecule has 20 heavy (non-hydrogen) atoms. The van der Waals surface area contributed by atoms with Crippen LogP contribution in [0, 0.1) is 0 Å². The molecule has 0 atom stereocenters. The van der Waals surface area contributed by atoms with Crippen LogP contribution in [0.5, 0.6) is 5.75 Å². The molecule has 1 saturated heterocycles. The summed E-state index contributed by atoms with van der Waals surface area (Å²) in [5, 5.41) is 11.0. The Morgan fingerprint density at radius 3 is 2.50 bits per heavy atom. The standard InChI is InChI=1S/C16H24N2O2/c1-20-15-5-3-2-4-14(15)16(19)8-6-13(7-9-16)18-10-12(17)11-18/h2-5,12-13,19H,6-11,17H2,1H3. The Kier molecular flexibility index (Phi) is 3.71. The Morgan fingerprint density at radius 2 is 1.90 bits per heavy atom. The summed E-state index contributed by atoms with van der Waals surface area (Å²) in [7, 11) is 1.66. The Morgan fingerprint density at radius 1 is 1.25 bits per heavy atom. The Labute approximate surface area is 120 Å². The zero-order chi connectivity index (χ0) is 14.2. The number of methoxy groups -OCH3 is 1. The maximum atomic E-state index is 11.0. The lowest BCUT2D eigenvalue weighted by molar-refractivity contribution is -0.0388. The topological polar surface area (TPSA) is 58.7 Å². The van der Waals surface area contributed by atoms with Gasteiger partial charge < -0.3 is 15.6 Å². The third-order valence-corrected chi connectivity index (χ3v) is 4.85. The van der Waals surface area contributed by atoms with Crippen LogP contribution in [0.15, 0.2) is 24.3 Å². The van der Waals surface area contributed by atoms with Crippen LogP contribution in [0.1, 0.15) is 31.2 Å². The quantitative estimate of drug-likeness (QED) is 0.877. The number of hydrogen-bond donors (Lipinski definition) is 2. The summed E-state index contributed by atoms with van der Waals surface area (Å²) in [6, 6.07) is 8.76. The largest absolute Gasteiger partial charge is 0.496 e. The van der Waals surface area contributed by atoms with Gasteiger partial charge in [-0.15, -0.1) is 0 Å². The zero-order valence-corrected chi connectivity index (χ0v) is 12.1. The molecule has 0 bridgehead atoms. The molecule has 0 radical (unpaired) electrons. The molecule has 2 aliphatic rings. The van der Waals surface area contributed by atoms with Crippen molar-refractivity contribution in [2.45, 2.75) is 43.4 Å². The second-order valence-corrected chi connectivity index (χ2v) is 6.18. The Hall–Kier alpha value is -1.10. The third kappa shape index (κ3) is 2.43. The first-order valence-electron chi connectivity index (χ1n) is 7.48. The van der Waals surface area contributed by atoms with Gasteiger partial charge >= 0.3 is 0 Å². The van der Waals surface area contributed by atoms with E-state index >= 15 is 0 Å². The summed E-state index contributed by atoms with van der Waals surface area (Å²) in [6.45, 7) is 2.02. The molecule has 1 saturated carbocycles. The number of para-hydroxylation sites is 1. The fourth-order valence-corrected chi connectivity index (χ4v) is 3.59. The molecule has 1 aliphatic carbocycles. The number of rotatable bonds is 3. The summed E-state index contributed by atoms with van der Waals surface area (Å²) >= 11 is 0. The molecular weight excluding hydrogens is 252 g/mol. The molecular formula is C16H24N2O2. The van der Waals surface area contributed by atoms with Crippen molar-refractivity contribution >= 4 is 0 Å². The number of benzene rings is 1. The van der Waals surface area contributed by atoms with Crippen molar-refractivity contribution in [2.75, 3.05) is 20.2 Å². The van der Waals surface area contributed by atoms with E-state index in [1.165, 1.54) is 0 Å². The first-order chi connectivity index (χ1) is 9.62. The predicted octanol–water partition coefficient (Wildman–Crippen LogP) is 1.47. The van der Waals surface area contributed by atoms with Crippen molar-refractivity contribution in [1.82, 2.24) is 4.90 Å². The maximum Gasteiger partial charge on any atom is 0.124 e. The molecule has 4 heteroatoms. The van der Waals surface area contributed by atoms with Crippen molar-refractivity contribution in [3.63, 3.8) is 0 Å². The molecule has 1 aromatic carbocycles. The van der Waals surface area contributed by atoms with E-state index in [1.54, 1.807) is 7.11 Å². The molecule has 0 amide bonds. The summed E-state index contributed by atoms with van der Waals surface area (Å²) in [4.78, 5) is 2.45. The Bertz CT molecular complexity index is 463. The van der Waals surface area contributed by atoms with Gasteiger partial charge in [0.1, 0.15) is 5.75 Å². The molecule has 1 heterocycles. The van der Waals surface area contributed by atoms with Crippen molar-refractivity contribution < 1.29 is 9.84 Å². The summed E-state index contributed by atoms with van der Waals surface area (Å²) in [5.74, 6) is 0.791. The van der Waals surface area contributed by atoms with Gasteiger partial charge in [0.25, 0.3) is 0 Å². The van der Waals surface area contributed by atoms with Crippen LogP contribution in [0.2, 0.25) is 0 Å². The first-order valence-corrected chi connectivity index (χ1v) is 7.48. The summed E-state index contributed by atoms with van der Waals surface area (Å²) < 4.78 is 5.40. The number of nitrogens with zero attached hydrogens (tertiary/aromatic N) is 1. The monoisotopic (exact) mass is 276 g/mol. The van der Waals surface area contributed by atoms with E-state index in [0.717, 1.165) is 50.1 Å². The van der Waals surface area contributed by atoms with Crippen molar-refractivity contribution in [3.05, 3.63) is 29.8 Å². The van der Waals surface area contributed by atoms with Gasteiger partial charge in [0.15, 0.2) is 0 Å². The molecule has 2 fully saturated rings. The highest BCUT2D eigenvalue weighted by molar-refractivity contribution is 5.38. The van der Waals surface area contributed by atoms with Crippen LogP contribution in [0.4, 0.5) is 0 Å². The van der Waals surface area contributed by atoms with Crippen molar-refractivity contribution in [3.8, 4) is 5.75 Å². The van der Waals surface area contributed by atoms with E-state index in [-0.39, 0.29) is 0 Å². The minimum absolute atomic E-state index is 0.352. The number of likely N-dealkylation sites (tertiary alicyclic amines) is 1. The molecule has 110 valence electrons. The van der Waals surface area contributed by atoms with Crippen molar-refractivity contribution in [1.29, 1.82) is 0 Å². The SMILES string of the molecule is COc1ccccc1C1(O)CCC(N2CC(N)C2)CC1. The lowest BCUT2D eigenvalue weighted by atomic mass is 9.76. The van der Waals surface area contributed by atoms with Gasteiger partial charge in [0.2, 0.25) is 0 Å². The number of nitrogens with two attached hydrogens (primary N) is 1. The van der Waals surface area contributed by atoms with E-state index in [1.807, 2.05) is 24.3 Å². The van der Waals surface area contributed by atoms with Gasteiger partial charge in [0, 0.05) is 30.7 Å². The van der Waals surface area contributed by atoms with Gasteiger partial charge in [-0.05, 0) is 31.7 Å². The second kappa shape index (κ2) is 5.35. The highest BCUT2D eigenvalue weighted by Crippen LogP contribution is 2.42. The van der Waals surface area contributed by atoms with Gasteiger partial charge in [-0.3, -0.25) is 4.90 Å². The predicted molar refractivity (Wildman–Crippen MR) is 78.7 cm³/mol. The van der Waals surface area contributed by atoms with E-state index < -0.39 is 5.60 Å². The van der Waals surface area contributed by atoms with Crippen LogP contribution in [0.25, 0.3) is 0 Å². The Balaban J connectivity index is 1.69. The van der Waals surface area contributed by atoms with Gasteiger partial charge in [0.05, 0.1) is 12.7 Å². The number of aliphatic hydroxyl groups is 1. The lowest BCUT2D eigenvalue weighted by Gasteiger charge is -2.47. The minimum Gasteiger partial charge on any atom is -0.496 e. The first kappa shape index (κ1) is 13.9. The fourth-order valence-electron chi connectivity index (χ4n) is 3.59. The maximum absolute atomic E-state index is 11.0. The van der Waals surface area contributed by atoms with Gasteiger partial charge in [-0.2, -0.15) is 0 Å². The van der Waals surface area contributed by atoms with Crippen LogP contribution in [-0.4, -0.2) is 42.3 Å². The van der Waals surface area contributed by atoms with Gasteiger partial charge in [-0.1, -0.05) is 18.2 Å². The molecule has 3 rings (SSSR count). The molecule has 1 aromatic rings. The van der Waals surface area contributed by atoms with Crippen LogP contribution in [0.3, 0.4) is 0 Å². The molecule has 1 aliphatic heterocycles. The smallest absolute Gasteiger partial charge is 0.124 e. The summed E-state index contributed by atoms with van der Waals surface area (Å²) in [5.41, 5.74) is 6.04. The van der Waals surface area contributed by atoms with E-state index in [9.17, 15) is 5.11 Å². The van der Waals surface area contributed by atoms with Crippen LogP contribution in [-0.2, 0) is 5.60 Å². The van der Waals surface area contributed by atoms with Crippen LogP contribution >= 0.6 is 0 Å². The molecule has 4 nitrogen and oxygen atoms in total. The number of hydrogen-bond acceptors (Lipinski definition) is 4. The highest BCUT2D eigenvalue weighted by Gasteiger charge is 2.40. The van der Waals surface area contributed by atoms with E-state index in [4.69, 9.17) is 10.5 Å². The molecule has 3 N–H and O–H groups in total. The summed E-state index contributed by atoms with van der Waals surface area (Å²) in [6.07, 6.45) is 3.65. The third-order valence-electron chi connectivity index (χ3n) is 4.85. The van der Waals surface area contributed by atoms with Gasteiger partial charge in [-0.25, -0.2) is 0 Å². The average Bonchev–Trinajstić information content (AvgIpc) is 2.45. The van der Waals surface area contributed by atoms with E-state index in [2.05, 4.69) is 4.90 Å². The van der Waals surface area contributed by atoms with Crippen LogP contribution < -0.4 is 10.5 Å². The molecule has 0 unspecified atom stereocenters. The molecule has 0 spiro atoms.